The molecule has 0 saturated heterocycles. The van der Waals surface area contributed by atoms with E-state index in [-0.39, 0.29) is 0 Å². The van der Waals surface area contributed by atoms with Crippen molar-refractivity contribution < 1.29 is 0 Å². The average molecular weight is 195 g/mol. The summed E-state index contributed by atoms with van der Waals surface area (Å²) in [5, 5.41) is 5.56. The summed E-state index contributed by atoms with van der Waals surface area (Å²) in [6.07, 6.45) is 5.44. The molecule has 0 radical (unpaired) electrons. The Morgan fingerprint density at radius 3 is 3.08 bits per heavy atom. The Kier molecular flexibility index (Phi) is 3.01. The van der Waals surface area contributed by atoms with Crippen LogP contribution in [-0.4, -0.2) is 13.1 Å². The molecule has 1 fully saturated rings. The van der Waals surface area contributed by atoms with E-state index in [2.05, 4.69) is 29.9 Å². The van der Waals surface area contributed by atoms with Crippen LogP contribution in [0.15, 0.2) is 17.5 Å². The van der Waals surface area contributed by atoms with Gasteiger partial charge in [0.2, 0.25) is 0 Å². The van der Waals surface area contributed by atoms with Crippen LogP contribution in [0.1, 0.15) is 24.1 Å². The molecule has 0 aliphatic heterocycles. The van der Waals surface area contributed by atoms with Crippen LogP contribution in [0.2, 0.25) is 0 Å². The number of rotatable bonds is 3. The molecule has 72 valence electrons. The lowest BCUT2D eigenvalue weighted by Crippen LogP contribution is -2.21. The highest BCUT2D eigenvalue weighted by Crippen LogP contribution is 2.29. The second-order valence-corrected chi connectivity index (χ2v) is 4.98. The van der Waals surface area contributed by atoms with Crippen molar-refractivity contribution in [2.75, 3.05) is 7.05 Å². The van der Waals surface area contributed by atoms with Gasteiger partial charge in [0.15, 0.2) is 0 Å². The molecule has 1 aliphatic carbocycles. The molecule has 1 aliphatic rings. The lowest BCUT2D eigenvalue weighted by atomic mass is 10.0. The largest absolute Gasteiger partial charge is 0.317 e. The van der Waals surface area contributed by atoms with Crippen molar-refractivity contribution in [2.24, 2.45) is 5.92 Å². The summed E-state index contributed by atoms with van der Waals surface area (Å²) in [7, 11) is 2.08. The first-order valence-electron chi connectivity index (χ1n) is 5.08. The van der Waals surface area contributed by atoms with Crippen LogP contribution in [0.4, 0.5) is 0 Å². The summed E-state index contributed by atoms with van der Waals surface area (Å²) in [4.78, 5) is 1.56. The van der Waals surface area contributed by atoms with Crippen molar-refractivity contribution in [2.45, 2.75) is 31.7 Å². The van der Waals surface area contributed by atoms with Gasteiger partial charge >= 0.3 is 0 Å². The van der Waals surface area contributed by atoms with Crippen LogP contribution in [0.3, 0.4) is 0 Å². The summed E-state index contributed by atoms with van der Waals surface area (Å²) in [5.41, 5.74) is 0. The summed E-state index contributed by atoms with van der Waals surface area (Å²) < 4.78 is 0. The molecule has 2 heteroatoms. The summed E-state index contributed by atoms with van der Waals surface area (Å²) in [6, 6.07) is 5.20. The molecule has 2 rings (SSSR count). The normalized spacial score (nSPS) is 28.1. The first-order chi connectivity index (χ1) is 6.38. The molecule has 1 N–H and O–H groups in total. The average Bonchev–Trinajstić information content (AvgIpc) is 2.76. The lowest BCUT2D eigenvalue weighted by Gasteiger charge is -2.08. The molecule has 1 saturated carbocycles. The Morgan fingerprint density at radius 2 is 2.46 bits per heavy atom. The number of hydrogen-bond donors (Lipinski definition) is 1. The van der Waals surface area contributed by atoms with E-state index in [4.69, 9.17) is 0 Å². The SMILES string of the molecule is CNC1CCC(Cc2cccs2)C1. The second-order valence-electron chi connectivity index (χ2n) is 3.95. The van der Waals surface area contributed by atoms with E-state index in [9.17, 15) is 0 Å². The van der Waals surface area contributed by atoms with E-state index in [0.29, 0.717) is 0 Å². The van der Waals surface area contributed by atoms with Gasteiger partial charge in [0.05, 0.1) is 0 Å². The van der Waals surface area contributed by atoms with Crippen molar-refractivity contribution in [3.63, 3.8) is 0 Å². The zero-order valence-electron chi connectivity index (χ0n) is 8.12. The number of hydrogen-bond acceptors (Lipinski definition) is 2. The quantitative estimate of drug-likeness (QED) is 0.782. The van der Waals surface area contributed by atoms with Gasteiger partial charge in [-0.2, -0.15) is 0 Å². The molecule has 1 aromatic heterocycles. The fourth-order valence-electron chi connectivity index (χ4n) is 2.24. The second kappa shape index (κ2) is 4.25. The predicted octanol–water partition coefficient (Wildman–Crippen LogP) is 2.68. The third kappa shape index (κ3) is 2.32. The first kappa shape index (κ1) is 9.22. The number of nitrogens with one attached hydrogen (secondary N) is 1. The molecular formula is C11H17NS. The minimum absolute atomic E-state index is 0.782. The topological polar surface area (TPSA) is 12.0 Å². The van der Waals surface area contributed by atoms with E-state index in [1.807, 2.05) is 11.3 Å². The molecule has 2 atom stereocenters. The van der Waals surface area contributed by atoms with Gasteiger partial charge in [0, 0.05) is 10.9 Å². The molecule has 0 amide bonds. The minimum Gasteiger partial charge on any atom is -0.317 e. The fraction of sp³-hybridized carbons (Fsp3) is 0.636. The zero-order chi connectivity index (χ0) is 9.10. The zero-order valence-corrected chi connectivity index (χ0v) is 8.94. The van der Waals surface area contributed by atoms with E-state index in [1.54, 1.807) is 4.88 Å². The molecule has 2 unspecified atom stereocenters. The highest BCUT2D eigenvalue weighted by atomic mass is 32.1. The van der Waals surface area contributed by atoms with Crippen LogP contribution in [-0.2, 0) is 6.42 Å². The van der Waals surface area contributed by atoms with Crippen LogP contribution in [0.25, 0.3) is 0 Å². The van der Waals surface area contributed by atoms with Gasteiger partial charge in [-0.3, -0.25) is 0 Å². The Morgan fingerprint density at radius 1 is 1.54 bits per heavy atom. The molecule has 1 nitrogen and oxygen atoms in total. The highest BCUT2D eigenvalue weighted by Gasteiger charge is 2.23. The van der Waals surface area contributed by atoms with Crippen molar-refractivity contribution in [3.8, 4) is 0 Å². The van der Waals surface area contributed by atoms with Crippen molar-refractivity contribution >= 4 is 11.3 Å². The van der Waals surface area contributed by atoms with E-state index in [0.717, 1.165) is 12.0 Å². The summed E-state index contributed by atoms with van der Waals surface area (Å²) >= 11 is 1.90. The van der Waals surface area contributed by atoms with Crippen molar-refractivity contribution in [1.82, 2.24) is 5.32 Å². The van der Waals surface area contributed by atoms with E-state index in [1.165, 1.54) is 25.7 Å². The van der Waals surface area contributed by atoms with Crippen molar-refractivity contribution in [1.29, 1.82) is 0 Å². The summed E-state index contributed by atoms with van der Waals surface area (Å²) in [6.45, 7) is 0. The van der Waals surface area contributed by atoms with Gasteiger partial charge < -0.3 is 5.32 Å². The van der Waals surface area contributed by atoms with E-state index >= 15 is 0 Å². The van der Waals surface area contributed by atoms with Crippen LogP contribution in [0, 0.1) is 5.92 Å². The smallest absolute Gasteiger partial charge is 0.00669 e. The van der Waals surface area contributed by atoms with Crippen LogP contribution < -0.4 is 5.32 Å². The molecular weight excluding hydrogens is 178 g/mol. The van der Waals surface area contributed by atoms with Crippen LogP contribution in [0.5, 0.6) is 0 Å². The van der Waals surface area contributed by atoms with Crippen molar-refractivity contribution in [3.05, 3.63) is 22.4 Å². The third-order valence-corrected chi connectivity index (χ3v) is 3.92. The molecule has 0 bridgehead atoms. The monoisotopic (exact) mass is 195 g/mol. The van der Waals surface area contributed by atoms with Gasteiger partial charge in [0.1, 0.15) is 0 Å². The third-order valence-electron chi connectivity index (χ3n) is 3.02. The van der Waals surface area contributed by atoms with Crippen LogP contribution >= 0.6 is 11.3 Å². The highest BCUT2D eigenvalue weighted by molar-refractivity contribution is 7.09. The molecule has 0 aromatic carbocycles. The maximum absolute atomic E-state index is 3.38. The Bertz CT molecular complexity index is 243. The maximum Gasteiger partial charge on any atom is 0.00669 e. The van der Waals surface area contributed by atoms with E-state index < -0.39 is 0 Å². The minimum atomic E-state index is 0.782. The molecule has 1 aromatic rings. The van der Waals surface area contributed by atoms with Gasteiger partial charge in [-0.1, -0.05) is 6.07 Å². The Balaban J connectivity index is 1.84. The fourth-order valence-corrected chi connectivity index (χ4v) is 3.06. The Labute approximate surface area is 84.2 Å². The predicted molar refractivity (Wildman–Crippen MR) is 58.2 cm³/mol. The van der Waals surface area contributed by atoms with Gasteiger partial charge in [0.25, 0.3) is 0 Å². The maximum atomic E-state index is 3.38. The molecule has 13 heavy (non-hydrogen) atoms. The first-order valence-corrected chi connectivity index (χ1v) is 5.96. The Hall–Kier alpha value is -0.340. The van der Waals surface area contributed by atoms with Gasteiger partial charge in [-0.05, 0) is 50.1 Å². The molecule has 1 heterocycles. The van der Waals surface area contributed by atoms with Gasteiger partial charge in [-0.15, -0.1) is 11.3 Å². The summed E-state index contributed by atoms with van der Waals surface area (Å²) in [5.74, 6) is 0.927. The molecule has 0 spiro atoms. The standard InChI is InChI=1S/C11H17NS/c1-12-10-5-4-9(7-10)8-11-3-2-6-13-11/h2-3,6,9-10,12H,4-5,7-8H2,1H3. The number of thiophene rings is 1. The lowest BCUT2D eigenvalue weighted by molar-refractivity contribution is 0.512. The van der Waals surface area contributed by atoms with Gasteiger partial charge in [-0.25, -0.2) is 0 Å².